The van der Waals surface area contributed by atoms with Gasteiger partial charge in [-0.05, 0) is 38.3 Å². The second kappa shape index (κ2) is 9.49. The van der Waals surface area contributed by atoms with Crippen LogP contribution in [0, 0.1) is 0 Å². The summed E-state index contributed by atoms with van der Waals surface area (Å²) in [6.07, 6.45) is 6.72. The predicted molar refractivity (Wildman–Crippen MR) is 132 cm³/mol. The van der Waals surface area contributed by atoms with Crippen LogP contribution in [0.15, 0.2) is 54.9 Å². The van der Waals surface area contributed by atoms with Crippen molar-refractivity contribution in [3.8, 4) is 22.4 Å². The number of nitrogen functional groups attached to an aromatic ring is 1. The summed E-state index contributed by atoms with van der Waals surface area (Å²) in [5, 5.41) is 7.96. The second-order valence-corrected chi connectivity index (χ2v) is 8.54. The van der Waals surface area contributed by atoms with Gasteiger partial charge in [0.15, 0.2) is 5.65 Å². The molecule has 0 aliphatic heterocycles. The molecular formula is C26H32N6. The van der Waals surface area contributed by atoms with Crippen molar-refractivity contribution < 1.29 is 0 Å². The average molecular weight is 429 g/mol. The molecule has 0 unspecified atom stereocenters. The zero-order valence-electron chi connectivity index (χ0n) is 19.3. The van der Waals surface area contributed by atoms with Crippen molar-refractivity contribution in [2.45, 2.75) is 52.0 Å². The predicted octanol–water partition coefficient (Wildman–Crippen LogP) is 5.09. The molecule has 1 atom stereocenters. The lowest BCUT2D eigenvalue weighted by molar-refractivity contribution is 0.504. The van der Waals surface area contributed by atoms with Gasteiger partial charge in [-0.2, -0.15) is 9.61 Å². The molecule has 4 rings (SSSR count). The number of benzene rings is 1. The molecule has 0 aliphatic carbocycles. The number of pyridine rings is 1. The molecule has 6 heteroatoms. The third-order valence-corrected chi connectivity index (χ3v) is 6.15. The lowest BCUT2D eigenvalue weighted by atomic mass is 9.97. The van der Waals surface area contributed by atoms with Gasteiger partial charge in [0.05, 0.1) is 17.6 Å². The van der Waals surface area contributed by atoms with Gasteiger partial charge in [0.25, 0.3) is 0 Å². The largest absolute Gasteiger partial charge is 0.383 e. The molecule has 0 amide bonds. The SMILES string of the molecule is CC[C@H](CCc1nc2c(-c3ccc(-c4ccccc4)nc3)cnn2c(N)c1C(C)C)NC. The molecule has 0 spiro atoms. The Kier molecular flexibility index (Phi) is 6.51. The van der Waals surface area contributed by atoms with Crippen LogP contribution in [0.3, 0.4) is 0 Å². The number of hydrogen-bond donors (Lipinski definition) is 2. The Morgan fingerprint density at radius 2 is 1.81 bits per heavy atom. The molecular weight excluding hydrogens is 396 g/mol. The van der Waals surface area contributed by atoms with Gasteiger partial charge in [0.2, 0.25) is 0 Å². The summed E-state index contributed by atoms with van der Waals surface area (Å²) in [6.45, 7) is 6.53. The first-order valence-electron chi connectivity index (χ1n) is 11.4. The highest BCUT2D eigenvalue weighted by atomic mass is 15.3. The Hall–Kier alpha value is -3.25. The van der Waals surface area contributed by atoms with Crippen LogP contribution in [-0.4, -0.2) is 32.7 Å². The van der Waals surface area contributed by atoms with Gasteiger partial charge in [-0.3, -0.25) is 4.98 Å². The number of rotatable bonds is 8. The zero-order chi connectivity index (χ0) is 22.7. The quantitative estimate of drug-likeness (QED) is 0.408. The fourth-order valence-corrected chi connectivity index (χ4v) is 4.30. The van der Waals surface area contributed by atoms with E-state index in [0.717, 1.165) is 58.6 Å². The minimum absolute atomic E-state index is 0.274. The van der Waals surface area contributed by atoms with Gasteiger partial charge in [-0.25, -0.2) is 4.98 Å². The summed E-state index contributed by atoms with van der Waals surface area (Å²) in [6, 6.07) is 14.8. The summed E-state index contributed by atoms with van der Waals surface area (Å²) in [4.78, 5) is 9.76. The van der Waals surface area contributed by atoms with E-state index in [1.165, 1.54) is 0 Å². The minimum Gasteiger partial charge on any atom is -0.383 e. The Morgan fingerprint density at radius 3 is 2.44 bits per heavy atom. The normalized spacial score (nSPS) is 12.5. The van der Waals surface area contributed by atoms with Gasteiger partial charge in [-0.1, -0.05) is 57.2 Å². The Balaban J connectivity index is 1.75. The molecule has 0 saturated heterocycles. The molecule has 0 fully saturated rings. The lowest BCUT2D eigenvalue weighted by Gasteiger charge is -2.18. The number of anilines is 1. The van der Waals surface area contributed by atoms with Crippen LogP contribution in [0.25, 0.3) is 28.0 Å². The van der Waals surface area contributed by atoms with E-state index in [-0.39, 0.29) is 5.92 Å². The molecule has 0 bridgehead atoms. The molecule has 0 saturated carbocycles. The van der Waals surface area contributed by atoms with Crippen LogP contribution >= 0.6 is 0 Å². The number of nitrogens with zero attached hydrogens (tertiary/aromatic N) is 4. The van der Waals surface area contributed by atoms with E-state index in [0.29, 0.717) is 11.9 Å². The van der Waals surface area contributed by atoms with Gasteiger partial charge in [-0.15, -0.1) is 0 Å². The van der Waals surface area contributed by atoms with Crippen molar-refractivity contribution in [3.05, 3.63) is 66.1 Å². The van der Waals surface area contributed by atoms with E-state index in [1.54, 1.807) is 4.52 Å². The van der Waals surface area contributed by atoms with Crippen molar-refractivity contribution in [1.82, 2.24) is 24.9 Å². The summed E-state index contributed by atoms with van der Waals surface area (Å²) in [5.41, 5.74) is 13.5. The second-order valence-electron chi connectivity index (χ2n) is 8.54. The summed E-state index contributed by atoms with van der Waals surface area (Å²) >= 11 is 0. The molecule has 3 aromatic heterocycles. The van der Waals surface area contributed by atoms with Crippen LogP contribution in [0.5, 0.6) is 0 Å². The van der Waals surface area contributed by atoms with Crippen molar-refractivity contribution in [2.75, 3.05) is 12.8 Å². The summed E-state index contributed by atoms with van der Waals surface area (Å²) in [7, 11) is 2.02. The zero-order valence-corrected chi connectivity index (χ0v) is 19.3. The Labute approximate surface area is 189 Å². The van der Waals surface area contributed by atoms with Crippen molar-refractivity contribution >= 4 is 11.5 Å². The molecule has 0 aliphatic rings. The molecule has 1 aromatic carbocycles. The first kappa shape index (κ1) is 22.0. The molecule has 3 N–H and O–H groups in total. The molecule has 0 radical (unpaired) electrons. The lowest BCUT2D eigenvalue weighted by Crippen LogP contribution is -2.25. The highest BCUT2D eigenvalue weighted by Gasteiger charge is 2.20. The topological polar surface area (TPSA) is 81.1 Å². The van der Waals surface area contributed by atoms with E-state index in [4.69, 9.17) is 10.7 Å². The molecule has 3 heterocycles. The van der Waals surface area contributed by atoms with Crippen LogP contribution < -0.4 is 11.1 Å². The smallest absolute Gasteiger partial charge is 0.165 e. The van der Waals surface area contributed by atoms with Crippen LogP contribution in [-0.2, 0) is 6.42 Å². The minimum atomic E-state index is 0.274. The van der Waals surface area contributed by atoms with E-state index >= 15 is 0 Å². The Morgan fingerprint density at radius 1 is 1.03 bits per heavy atom. The molecule has 166 valence electrons. The van der Waals surface area contributed by atoms with Gasteiger partial charge >= 0.3 is 0 Å². The van der Waals surface area contributed by atoms with E-state index in [2.05, 4.69) is 54.4 Å². The van der Waals surface area contributed by atoms with Gasteiger partial charge < -0.3 is 11.1 Å². The number of hydrogen-bond acceptors (Lipinski definition) is 5. The third kappa shape index (κ3) is 4.23. The van der Waals surface area contributed by atoms with Crippen molar-refractivity contribution in [1.29, 1.82) is 0 Å². The monoisotopic (exact) mass is 428 g/mol. The summed E-state index contributed by atoms with van der Waals surface area (Å²) < 4.78 is 1.77. The maximum atomic E-state index is 6.61. The van der Waals surface area contributed by atoms with Crippen LogP contribution in [0.2, 0.25) is 0 Å². The standard InChI is InChI=1S/C26H32N6/c1-5-20(28-4)12-14-23-24(17(2)3)25(27)32-26(31-23)21(16-30-32)19-11-13-22(29-15-19)18-9-7-6-8-10-18/h6-11,13,15-17,20,28H,5,12,14,27H2,1-4H3/t20-/m1/s1. The van der Waals surface area contributed by atoms with E-state index in [1.807, 2.05) is 43.7 Å². The number of aryl methyl sites for hydroxylation is 1. The Bertz CT molecular complexity index is 1170. The average Bonchev–Trinajstić information content (AvgIpc) is 3.24. The highest BCUT2D eigenvalue weighted by molar-refractivity contribution is 5.79. The number of nitrogens with one attached hydrogen (secondary N) is 1. The maximum Gasteiger partial charge on any atom is 0.165 e. The molecule has 6 nitrogen and oxygen atoms in total. The first-order valence-corrected chi connectivity index (χ1v) is 11.4. The highest BCUT2D eigenvalue weighted by Crippen LogP contribution is 2.31. The van der Waals surface area contributed by atoms with Crippen LogP contribution in [0.4, 0.5) is 5.82 Å². The maximum absolute atomic E-state index is 6.61. The fourth-order valence-electron chi connectivity index (χ4n) is 4.30. The van der Waals surface area contributed by atoms with Crippen molar-refractivity contribution in [2.24, 2.45) is 0 Å². The van der Waals surface area contributed by atoms with Gasteiger partial charge in [0.1, 0.15) is 5.82 Å². The van der Waals surface area contributed by atoms with E-state index in [9.17, 15) is 0 Å². The summed E-state index contributed by atoms with van der Waals surface area (Å²) in [5.74, 6) is 0.952. The van der Waals surface area contributed by atoms with Gasteiger partial charge in [0, 0.05) is 34.5 Å². The number of aromatic nitrogens is 4. The molecule has 32 heavy (non-hydrogen) atoms. The van der Waals surface area contributed by atoms with E-state index < -0.39 is 0 Å². The fraction of sp³-hybridized carbons (Fsp3) is 0.346. The number of nitrogens with two attached hydrogens (primary N) is 1. The van der Waals surface area contributed by atoms with Crippen molar-refractivity contribution in [3.63, 3.8) is 0 Å². The third-order valence-electron chi connectivity index (χ3n) is 6.15. The number of fused-ring (bicyclic) bond motifs is 1. The van der Waals surface area contributed by atoms with Crippen LogP contribution in [0.1, 0.15) is 50.8 Å². The first-order chi connectivity index (χ1) is 15.5. The molecule has 4 aromatic rings.